The molecular weight excluding hydrogens is 249 g/mol. The predicted molar refractivity (Wildman–Crippen MR) is 69.2 cm³/mol. The summed E-state index contributed by atoms with van der Waals surface area (Å²) in [6.07, 6.45) is 0. The number of amides is 3. The van der Waals surface area contributed by atoms with E-state index in [2.05, 4.69) is 10.6 Å². The second-order valence-electron chi connectivity index (χ2n) is 4.91. The zero-order valence-corrected chi connectivity index (χ0v) is 10.9. The zero-order chi connectivity index (χ0) is 14.0. The Morgan fingerprint density at radius 2 is 2.21 bits per heavy atom. The summed E-state index contributed by atoms with van der Waals surface area (Å²) in [4.78, 5) is 25.3. The first kappa shape index (κ1) is 13.3. The lowest BCUT2D eigenvalue weighted by Gasteiger charge is -2.40. The first-order valence-electron chi connectivity index (χ1n) is 6.04. The Bertz CT molecular complexity index is 516. The second-order valence-corrected chi connectivity index (χ2v) is 4.91. The summed E-state index contributed by atoms with van der Waals surface area (Å²) < 4.78 is 13.0. The predicted octanol–water partition coefficient (Wildman–Crippen LogP) is 1.57. The Morgan fingerprint density at radius 1 is 1.47 bits per heavy atom. The molecule has 1 aromatic carbocycles. The van der Waals surface area contributed by atoms with E-state index in [9.17, 15) is 14.0 Å². The van der Waals surface area contributed by atoms with Crippen molar-refractivity contribution in [3.05, 3.63) is 30.1 Å². The number of hydrogen-bond donors (Lipinski definition) is 2. The van der Waals surface area contributed by atoms with E-state index in [1.54, 1.807) is 19.9 Å². The SMILES string of the molecule is CC1(C)C(=O)NCCN1C(=O)Nc1cccc(F)c1. The van der Waals surface area contributed by atoms with Crippen molar-refractivity contribution < 1.29 is 14.0 Å². The molecule has 2 rings (SSSR count). The van der Waals surface area contributed by atoms with Crippen LogP contribution in [0.15, 0.2) is 24.3 Å². The molecule has 6 heteroatoms. The molecule has 0 unspecified atom stereocenters. The van der Waals surface area contributed by atoms with Crippen molar-refractivity contribution in [2.45, 2.75) is 19.4 Å². The maximum Gasteiger partial charge on any atom is 0.322 e. The lowest BCUT2D eigenvalue weighted by Crippen LogP contribution is -2.64. The number of piperazine rings is 1. The van der Waals surface area contributed by atoms with Crippen LogP contribution in [0.2, 0.25) is 0 Å². The zero-order valence-electron chi connectivity index (χ0n) is 10.9. The third-order valence-electron chi connectivity index (χ3n) is 3.17. The number of carbonyl (C=O) groups excluding carboxylic acids is 2. The summed E-state index contributed by atoms with van der Waals surface area (Å²) in [6.45, 7) is 4.18. The van der Waals surface area contributed by atoms with Gasteiger partial charge in [-0.2, -0.15) is 0 Å². The molecule has 2 N–H and O–H groups in total. The number of urea groups is 1. The van der Waals surface area contributed by atoms with Gasteiger partial charge in [-0.25, -0.2) is 9.18 Å². The van der Waals surface area contributed by atoms with Crippen molar-refractivity contribution in [1.29, 1.82) is 0 Å². The molecule has 1 aliphatic rings. The van der Waals surface area contributed by atoms with Gasteiger partial charge in [0.1, 0.15) is 11.4 Å². The van der Waals surface area contributed by atoms with E-state index in [1.807, 2.05) is 0 Å². The van der Waals surface area contributed by atoms with Gasteiger partial charge in [0, 0.05) is 18.8 Å². The van der Waals surface area contributed by atoms with Gasteiger partial charge >= 0.3 is 6.03 Å². The fraction of sp³-hybridized carbons (Fsp3) is 0.385. The summed E-state index contributed by atoms with van der Waals surface area (Å²) in [5.41, 5.74) is -0.554. The number of nitrogens with zero attached hydrogens (tertiary/aromatic N) is 1. The molecule has 0 aromatic heterocycles. The highest BCUT2D eigenvalue weighted by atomic mass is 19.1. The Morgan fingerprint density at radius 3 is 2.89 bits per heavy atom. The number of hydrogen-bond acceptors (Lipinski definition) is 2. The lowest BCUT2D eigenvalue weighted by molar-refractivity contribution is -0.132. The van der Waals surface area contributed by atoms with Crippen LogP contribution < -0.4 is 10.6 Å². The summed E-state index contributed by atoms with van der Waals surface area (Å²) in [5, 5.41) is 5.31. The average molecular weight is 265 g/mol. The van der Waals surface area contributed by atoms with Crippen LogP contribution in [0.3, 0.4) is 0 Å². The van der Waals surface area contributed by atoms with Crippen LogP contribution in [0, 0.1) is 5.82 Å². The van der Waals surface area contributed by atoms with Gasteiger partial charge in [0.05, 0.1) is 0 Å². The smallest absolute Gasteiger partial charge is 0.322 e. The third-order valence-corrected chi connectivity index (χ3v) is 3.17. The van der Waals surface area contributed by atoms with Crippen LogP contribution in [0.25, 0.3) is 0 Å². The number of benzene rings is 1. The largest absolute Gasteiger partial charge is 0.352 e. The molecule has 3 amide bonds. The van der Waals surface area contributed by atoms with Gasteiger partial charge in [-0.3, -0.25) is 4.79 Å². The van der Waals surface area contributed by atoms with Crippen LogP contribution in [0.4, 0.5) is 14.9 Å². The molecule has 1 aromatic rings. The molecule has 0 saturated carbocycles. The van der Waals surface area contributed by atoms with Crippen LogP contribution in [0.1, 0.15) is 13.8 Å². The highest BCUT2D eigenvalue weighted by Crippen LogP contribution is 2.19. The monoisotopic (exact) mass is 265 g/mol. The van der Waals surface area contributed by atoms with Gasteiger partial charge in [0.2, 0.25) is 5.91 Å². The lowest BCUT2D eigenvalue weighted by atomic mass is 9.99. The average Bonchev–Trinajstić information content (AvgIpc) is 2.32. The van der Waals surface area contributed by atoms with Crippen LogP contribution in [-0.4, -0.2) is 35.5 Å². The first-order chi connectivity index (χ1) is 8.91. The molecule has 0 bridgehead atoms. The van der Waals surface area contributed by atoms with Crippen LogP contribution in [0.5, 0.6) is 0 Å². The van der Waals surface area contributed by atoms with Gasteiger partial charge in [-0.05, 0) is 32.0 Å². The maximum atomic E-state index is 13.0. The summed E-state index contributed by atoms with van der Waals surface area (Å²) >= 11 is 0. The van der Waals surface area contributed by atoms with Crippen molar-refractivity contribution in [2.75, 3.05) is 18.4 Å². The summed E-state index contributed by atoms with van der Waals surface area (Å²) in [5.74, 6) is -0.624. The molecule has 1 saturated heterocycles. The number of nitrogens with one attached hydrogen (secondary N) is 2. The van der Waals surface area contributed by atoms with E-state index < -0.39 is 17.4 Å². The highest BCUT2D eigenvalue weighted by molar-refractivity contribution is 5.96. The third kappa shape index (κ3) is 2.67. The maximum absolute atomic E-state index is 13.0. The molecule has 102 valence electrons. The minimum absolute atomic E-state index is 0.201. The van der Waals surface area contributed by atoms with Crippen LogP contribution >= 0.6 is 0 Å². The van der Waals surface area contributed by atoms with Crippen molar-refractivity contribution in [2.24, 2.45) is 0 Å². The number of carbonyl (C=O) groups is 2. The number of rotatable bonds is 1. The van der Waals surface area contributed by atoms with E-state index in [0.29, 0.717) is 18.8 Å². The van der Waals surface area contributed by atoms with Crippen molar-refractivity contribution in [3.63, 3.8) is 0 Å². The van der Waals surface area contributed by atoms with Gasteiger partial charge in [-0.1, -0.05) is 6.07 Å². The summed E-state index contributed by atoms with van der Waals surface area (Å²) in [7, 11) is 0. The van der Waals surface area contributed by atoms with E-state index >= 15 is 0 Å². The minimum atomic E-state index is -0.921. The van der Waals surface area contributed by atoms with Gasteiger partial charge in [0.25, 0.3) is 0 Å². The van der Waals surface area contributed by atoms with Crippen molar-refractivity contribution in [1.82, 2.24) is 10.2 Å². The molecule has 0 aliphatic carbocycles. The van der Waals surface area contributed by atoms with Gasteiger partial charge in [0.15, 0.2) is 0 Å². The minimum Gasteiger partial charge on any atom is -0.352 e. The first-order valence-corrected chi connectivity index (χ1v) is 6.04. The molecule has 0 radical (unpaired) electrons. The molecule has 1 heterocycles. The van der Waals surface area contributed by atoms with E-state index in [0.717, 1.165) is 0 Å². The Labute approximate surface area is 110 Å². The fourth-order valence-electron chi connectivity index (χ4n) is 2.01. The number of anilines is 1. The Kier molecular flexibility index (Phi) is 3.42. The van der Waals surface area contributed by atoms with Crippen molar-refractivity contribution in [3.8, 4) is 0 Å². The molecule has 0 atom stereocenters. The molecule has 1 aliphatic heterocycles. The Hall–Kier alpha value is -2.11. The second kappa shape index (κ2) is 4.87. The molecular formula is C13H16FN3O2. The fourth-order valence-corrected chi connectivity index (χ4v) is 2.01. The van der Waals surface area contributed by atoms with Crippen molar-refractivity contribution >= 4 is 17.6 Å². The molecule has 19 heavy (non-hydrogen) atoms. The molecule has 0 spiro atoms. The molecule has 5 nitrogen and oxygen atoms in total. The normalized spacial score (nSPS) is 17.8. The summed E-state index contributed by atoms with van der Waals surface area (Å²) in [6, 6.07) is 5.23. The topological polar surface area (TPSA) is 61.4 Å². The van der Waals surface area contributed by atoms with E-state index in [4.69, 9.17) is 0 Å². The van der Waals surface area contributed by atoms with E-state index in [1.165, 1.54) is 23.1 Å². The molecule has 1 fully saturated rings. The number of halogens is 1. The standard InChI is InChI=1S/C13H16FN3O2/c1-13(2)11(18)15-6-7-17(13)12(19)16-10-5-3-4-9(14)8-10/h3-5,8H,6-7H2,1-2H3,(H,15,18)(H,16,19). The quantitative estimate of drug-likeness (QED) is 0.809. The van der Waals surface area contributed by atoms with Gasteiger partial charge < -0.3 is 15.5 Å². The van der Waals surface area contributed by atoms with E-state index in [-0.39, 0.29) is 5.91 Å². The van der Waals surface area contributed by atoms with Crippen LogP contribution in [-0.2, 0) is 4.79 Å². The highest BCUT2D eigenvalue weighted by Gasteiger charge is 2.40. The Balaban J connectivity index is 2.13. The van der Waals surface area contributed by atoms with Gasteiger partial charge in [-0.15, -0.1) is 0 Å².